The number of para-hydroxylation sites is 1. The number of nitrogens with one attached hydrogen (secondary N) is 3. The van der Waals surface area contributed by atoms with Gasteiger partial charge in [0.2, 0.25) is 0 Å². The van der Waals surface area contributed by atoms with Crippen molar-refractivity contribution in [2.24, 2.45) is 5.73 Å². The molecule has 1 aliphatic heterocycles. The SMILES string of the molecule is C#C.CN/C(C)=C(\C(=O)Nc1ccccc1)C(=O)N[C@H]1CCN(c2ccc3nccn3n2)C1.NCc1ccccc1. The standard InChI is InChI=1S/C22H25N7O2.C7H9N.C2H2/c1-15(23-2)20(21(30)25-16-6-4-3-5-7-16)22(31)26-17-10-12-28(14-17)19-9-8-18-24-11-13-29(18)27-19;8-6-7-4-2-1-3-5-7;1-2/h3-9,11,13,17,23H,10,12,14H2,1-2H3,(H,25,30)(H,26,31);1-5H,6,8H2;1-2H/b20-15+;;/t17-;;/m0../s1. The molecule has 1 aliphatic rings. The Balaban J connectivity index is 0.000000394. The van der Waals surface area contributed by atoms with Gasteiger partial charge < -0.3 is 26.6 Å². The zero-order valence-electron chi connectivity index (χ0n) is 23.3. The number of aromatic nitrogens is 3. The molecule has 2 aromatic heterocycles. The molecule has 0 unspecified atom stereocenters. The third-order valence-corrected chi connectivity index (χ3v) is 6.40. The molecule has 0 bridgehead atoms. The maximum absolute atomic E-state index is 13.0. The Bertz CT molecular complexity index is 1460. The number of imidazole rings is 1. The number of nitrogens with zero attached hydrogens (tertiary/aromatic N) is 4. The van der Waals surface area contributed by atoms with E-state index in [0.717, 1.165) is 24.4 Å². The predicted octanol–water partition coefficient (Wildman–Crippen LogP) is 2.95. The molecule has 0 radical (unpaired) electrons. The summed E-state index contributed by atoms with van der Waals surface area (Å²) in [5.74, 6) is -0.0194. The number of terminal acetylenes is 1. The number of carbonyl (C=O) groups excluding carboxylic acids is 2. The Labute approximate surface area is 240 Å². The molecule has 10 heteroatoms. The summed E-state index contributed by atoms with van der Waals surface area (Å²) in [6.45, 7) is 3.73. The Morgan fingerprint density at radius 2 is 1.68 bits per heavy atom. The molecule has 41 heavy (non-hydrogen) atoms. The van der Waals surface area contributed by atoms with E-state index in [-0.39, 0.29) is 11.6 Å². The molecule has 1 fully saturated rings. The summed E-state index contributed by atoms with van der Waals surface area (Å²) in [7, 11) is 1.69. The van der Waals surface area contributed by atoms with Gasteiger partial charge in [-0.3, -0.25) is 9.59 Å². The number of amides is 2. The molecular formula is C31H36N8O2. The summed E-state index contributed by atoms with van der Waals surface area (Å²) in [5.41, 5.74) is 8.54. The quantitative estimate of drug-likeness (QED) is 0.120. The van der Waals surface area contributed by atoms with Gasteiger partial charge in [-0.2, -0.15) is 0 Å². The summed E-state index contributed by atoms with van der Waals surface area (Å²) in [5, 5.41) is 13.3. The molecule has 5 rings (SSSR count). The zero-order valence-corrected chi connectivity index (χ0v) is 23.3. The van der Waals surface area contributed by atoms with Crippen LogP contribution in [0.2, 0.25) is 0 Å². The molecule has 1 saturated heterocycles. The van der Waals surface area contributed by atoms with Gasteiger partial charge in [-0.15, -0.1) is 17.9 Å². The molecule has 212 valence electrons. The molecule has 0 saturated carbocycles. The lowest BCUT2D eigenvalue weighted by atomic mass is 10.1. The molecule has 1 atom stereocenters. The third kappa shape index (κ3) is 8.42. The zero-order chi connectivity index (χ0) is 29.6. The van der Waals surface area contributed by atoms with Crippen LogP contribution < -0.4 is 26.6 Å². The number of hydrogen-bond donors (Lipinski definition) is 4. The number of rotatable bonds is 7. The maximum Gasteiger partial charge on any atom is 0.263 e. The van der Waals surface area contributed by atoms with Gasteiger partial charge in [0.15, 0.2) is 5.65 Å². The average Bonchev–Trinajstić information content (AvgIpc) is 3.69. The molecular weight excluding hydrogens is 516 g/mol. The number of allylic oxidation sites excluding steroid dienone is 1. The van der Waals surface area contributed by atoms with Crippen molar-refractivity contribution in [1.82, 2.24) is 25.2 Å². The fourth-order valence-electron chi connectivity index (χ4n) is 4.22. The summed E-state index contributed by atoms with van der Waals surface area (Å²) in [6.07, 6.45) is 12.3. The first-order valence-corrected chi connectivity index (χ1v) is 13.2. The van der Waals surface area contributed by atoms with Crippen molar-refractivity contribution in [2.45, 2.75) is 25.9 Å². The van der Waals surface area contributed by atoms with E-state index in [0.29, 0.717) is 24.5 Å². The second kappa shape index (κ2) is 15.5. The van der Waals surface area contributed by atoms with Crippen molar-refractivity contribution in [1.29, 1.82) is 0 Å². The van der Waals surface area contributed by atoms with E-state index < -0.39 is 11.8 Å². The Kier molecular flexibility index (Phi) is 11.5. The summed E-state index contributed by atoms with van der Waals surface area (Å²) in [6, 6.07) is 22.8. The van der Waals surface area contributed by atoms with Gasteiger partial charge in [-0.25, -0.2) is 9.50 Å². The van der Waals surface area contributed by atoms with Crippen LogP contribution in [0.25, 0.3) is 5.65 Å². The van der Waals surface area contributed by atoms with Crippen molar-refractivity contribution in [3.05, 3.63) is 102 Å². The minimum Gasteiger partial charge on any atom is -0.391 e. The van der Waals surface area contributed by atoms with Crippen LogP contribution in [0.1, 0.15) is 18.9 Å². The number of anilines is 2. The molecule has 0 spiro atoms. The highest BCUT2D eigenvalue weighted by Crippen LogP contribution is 2.19. The smallest absolute Gasteiger partial charge is 0.263 e. The monoisotopic (exact) mass is 552 g/mol. The summed E-state index contributed by atoms with van der Waals surface area (Å²) in [4.78, 5) is 32.1. The minimum atomic E-state index is -0.447. The fraction of sp³-hybridized carbons (Fsp3) is 0.226. The van der Waals surface area contributed by atoms with E-state index in [1.54, 1.807) is 43.0 Å². The van der Waals surface area contributed by atoms with Crippen LogP contribution in [0.5, 0.6) is 0 Å². The van der Waals surface area contributed by atoms with Crippen molar-refractivity contribution >= 4 is 29.0 Å². The number of fused-ring (bicyclic) bond motifs is 1. The Morgan fingerprint density at radius 3 is 2.32 bits per heavy atom. The van der Waals surface area contributed by atoms with Crippen LogP contribution in [0.3, 0.4) is 0 Å². The molecule has 0 aliphatic carbocycles. The van der Waals surface area contributed by atoms with Gasteiger partial charge in [0.05, 0.1) is 0 Å². The Hall–Kier alpha value is -5.14. The van der Waals surface area contributed by atoms with Gasteiger partial charge in [0.1, 0.15) is 11.4 Å². The molecule has 4 aromatic rings. The Morgan fingerprint density at radius 1 is 1.00 bits per heavy atom. The fourth-order valence-corrected chi connectivity index (χ4v) is 4.22. The van der Waals surface area contributed by atoms with Crippen molar-refractivity contribution in [3.63, 3.8) is 0 Å². The molecule has 3 heterocycles. The van der Waals surface area contributed by atoms with E-state index in [9.17, 15) is 9.59 Å². The van der Waals surface area contributed by atoms with Crippen LogP contribution in [-0.2, 0) is 16.1 Å². The highest BCUT2D eigenvalue weighted by atomic mass is 16.2. The highest BCUT2D eigenvalue weighted by Gasteiger charge is 2.29. The lowest BCUT2D eigenvalue weighted by Crippen LogP contribution is -2.41. The van der Waals surface area contributed by atoms with E-state index in [1.807, 2.05) is 60.7 Å². The van der Waals surface area contributed by atoms with Gasteiger partial charge in [0, 0.05) is 56.5 Å². The summed E-state index contributed by atoms with van der Waals surface area (Å²) < 4.78 is 1.73. The molecule has 2 aromatic carbocycles. The number of carbonyl (C=O) groups is 2. The number of benzene rings is 2. The lowest BCUT2D eigenvalue weighted by Gasteiger charge is -2.19. The highest BCUT2D eigenvalue weighted by molar-refractivity contribution is 6.23. The topological polar surface area (TPSA) is 130 Å². The van der Waals surface area contributed by atoms with Gasteiger partial charge in [0.25, 0.3) is 11.8 Å². The number of nitrogens with two attached hydrogens (primary N) is 1. The first kappa shape index (κ1) is 30.4. The maximum atomic E-state index is 13.0. The molecule has 10 nitrogen and oxygen atoms in total. The van der Waals surface area contributed by atoms with Crippen molar-refractivity contribution < 1.29 is 9.59 Å². The molecule has 5 N–H and O–H groups in total. The van der Waals surface area contributed by atoms with E-state index in [2.05, 4.69) is 43.8 Å². The first-order chi connectivity index (χ1) is 20.0. The normalized spacial score (nSPS) is 14.5. The van der Waals surface area contributed by atoms with Crippen molar-refractivity contribution in [2.75, 3.05) is 30.4 Å². The number of hydrogen-bond acceptors (Lipinski definition) is 7. The van der Waals surface area contributed by atoms with Crippen LogP contribution in [-0.4, -0.2) is 52.6 Å². The predicted molar refractivity (Wildman–Crippen MR) is 163 cm³/mol. The van der Waals surface area contributed by atoms with Gasteiger partial charge in [-0.1, -0.05) is 48.5 Å². The van der Waals surface area contributed by atoms with Gasteiger partial charge >= 0.3 is 0 Å². The van der Waals surface area contributed by atoms with Crippen LogP contribution in [0, 0.1) is 12.8 Å². The minimum absolute atomic E-state index is 0.0720. The van der Waals surface area contributed by atoms with Crippen molar-refractivity contribution in [3.8, 4) is 12.8 Å². The largest absolute Gasteiger partial charge is 0.391 e. The average molecular weight is 553 g/mol. The van der Waals surface area contributed by atoms with Crippen LogP contribution >= 0.6 is 0 Å². The van der Waals surface area contributed by atoms with Gasteiger partial charge in [-0.05, 0) is 43.2 Å². The van der Waals surface area contributed by atoms with E-state index >= 15 is 0 Å². The lowest BCUT2D eigenvalue weighted by molar-refractivity contribution is -0.121. The van der Waals surface area contributed by atoms with E-state index in [4.69, 9.17) is 5.73 Å². The second-order valence-electron chi connectivity index (χ2n) is 9.09. The third-order valence-electron chi connectivity index (χ3n) is 6.40. The van der Waals surface area contributed by atoms with E-state index in [1.165, 1.54) is 5.56 Å². The second-order valence-corrected chi connectivity index (χ2v) is 9.09. The van der Waals surface area contributed by atoms with Crippen LogP contribution in [0.15, 0.2) is 96.5 Å². The van der Waals surface area contributed by atoms with Crippen LogP contribution in [0.4, 0.5) is 11.5 Å². The summed E-state index contributed by atoms with van der Waals surface area (Å²) >= 11 is 0. The first-order valence-electron chi connectivity index (χ1n) is 13.2. The molecule has 2 amide bonds.